The molecule has 1 saturated carbocycles. The van der Waals surface area contributed by atoms with Crippen LogP contribution in [0.25, 0.3) is 0 Å². The van der Waals surface area contributed by atoms with E-state index < -0.39 is 0 Å². The summed E-state index contributed by atoms with van der Waals surface area (Å²) < 4.78 is 0. The van der Waals surface area contributed by atoms with Crippen molar-refractivity contribution in [1.82, 2.24) is 4.90 Å². The van der Waals surface area contributed by atoms with E-state index in [9.17, 15) is 9.59 Å². The Morgan fingerprint density at radius 3 is 2.81 bits per heavy atom. The summed E-state index contributed by atoms with van der Waals surface area (Å²) in [6.45, 7) is 5.19. The first-order chi connectivity index (χ1) is 10.0. The third kappa shape index (κ3) is 3.09. The molecule has 1 aromatic carbocycles. The van der Waals surface area contributed by atoms with Crippen LogP contribution >= 0.6 is 0 Å². The smallest absolute Gasteiger partial charge is 0.254 e. The lowest BCUT2D eigenvalue weighted by molar-refractivity contribution is -0.115. The monoisotopic (exact) mass is 286 g/mol. The Balaban J connectivity index is 1.77. The van der Waals surface area contributed by atoms with Gasteiger partial charge < -0.3 is 10.2 Å². The molecule has 0 bridgehead atoms. The number of carbonyl (C=O) groups is 2. The molecule has 4 nitrogen and oxygen atoms in total. The summed E-state index contributed by atoms with van der Waals surface area (Å²) in [5.74, 6) is 0.703. The number of benzene rings is 1. The quantitative estimate of drug-likeness (QED) is 0.905. The lowest BCUT2D eigenvalue weighted by Gasteiger charge is -2.23. The molecule has 3 rings (SSSR count). The molecule has 0 radical (unpaired) electrons. The Bertz CT molecular complexity index is 576. The number of rotatable bonds is 5. The predicted octanol–water partition coefficient (Wildman–Crippen LogP) is 2.83. The van der Waals surface area contributed by atoms with Gasteiger partial charge in [-0.25, -0.2) is 0 Å². The first kappa shape index (κ1) is 14.1. The summed E-state index contributed by atoms with van der Waals surface area (Å²) in [6.07, 6.45) is 3.68. The van der Waals surface area contributed by atoms with Gasteiger partial charge >= 0.3 is 0 Å². The van der Waals surface area contributed by atoms with Gasteiger partial charge in [-0.3, -0.25) is 9.59 Å². The molecule has 0 spiro atoms. The van der Waals surface area contributed by atoms with Crippen LogP contribution in [0.1, 0.15) is 49.0 Å². The normalized spacial score (nSPS) is 16.8. The van der Waals surface area contributed by atoms with Gasteiger partial charge in [-0.1, -0.05) is 19.9 Å². The molecule has 2 aliphatic rings. The zero-order chi connectivity index (χ0) is 15.0. The highest BCUT2D eigenvalue weighted by atomic mass is 16.2. The summed E-state index contributed by atoms with van der Waals surface area (Å²) in [5.41, 5.74) is 2.47. The van der Waals surface area contributed by atoms with Crippen LogP contribution in [0.4, 0.5) is 5.69 Å². The Kier molecular flexibility index (Phi) is 3.70. The van der Waals surface area contributed by atoms with Crippen LogP contribution in [0.2, 0.25) is 0 Å². The minimum absolute atomic E-state index is 0.00783. The Hall–Kier alpha value is -1.84. The first-order valence-corrected chi connectivity index (χ1v) is 7.78. The van der Waals surface area contributed by atoms with E-state index >= 15 is 0 Å². The van der Waals surface area contributed by atoms with Crippen LogP contribution < -0.4 is 5.32 Å². The van der Waals surface area contributed by atoms with Gasteiger partial charge in [-0.05, 0) is 42.9 Å². The largest absolute Gasteiger partial charge is 0.336 e. The summed E-state index contributed by atoms with van der Waals surface area (Å²) in [7, 11) is 0. The number of hydrogen-bond acceptors (Lipinski definition) is 2. The van der Waals surface area contributed by atoms with Crippen LogP contribution in [0.3, 0.4) is 0 Å². The Morgan fingerprint density at radius 1 is 1.38 bits per heavy atom. The molecule has 21 heavy (non-hydrogen) atoms. The number of amides is 2. The second-order valence-electron chi connectivity index (χ2n) is 6.51. The zero-order valence-corrected chi connectivity index (χ0v) is 12.7. The second-order valence-corrected chi connectivity index (χ2v) is 6.51. The van der Waals surface area contributed by atoms with Crippen LogP contribution in [0.15, 0.2) is 18.2 Å². The third-order valence-electron chi connectivity index (χ3n) is 4.18. The van der Waals surface area contributed by atoms with Crippen molar-refractivity contribution in [3.63, 3.8) is 0 Å². The highest BCUT2D eigenvalue weighted by Gasteiger charge is 2.33. The maximum absolute atomic E-state index is 12.7. The van der Waals surface area contributed by atoms with E-state index in [0.717, 1.165) is 37.1 Å². The summed E-state index contributed by atoms with van der Waals surface area (Å²) in [4.78, 5) is 26.2. The standard InChI is InChI=1S/C17H22N2O2/c1-11(2)7-8-19(14-5-6-14)17(21)13-4-3-12-10-16(20)18-15(12)9-13/h3-4,9,11,14H,5-8,10H2,1-2H3,(H,18,20). The van der Waals surface area contributed by atoms with Crippen molar-refractivity contribution >= 4 is 17.5 Å². The van der Waals surface area contributed by atoms with Gasteiger partial charge in [0.15, 0.2) is 0 Å². The van der Waals surface area contributed by atoms with Gasteiger partial charge in [-0.15, -0.1) is 0 Å². The molecule has 1 aliphatic heterocycles. The maximum atomic E-state index is 12.7. The molecular weight excluding hydrogens is 264 g/mol. The van der Waals surface area contributed by atoms with E-state index in [0.29, 0.717) is 23.9 Å². The van der Waals surface area contributed by atoms with Crippen LogP contribution in [0, 0.1) is 5.92 Å². The topological polar surface area (TPSA) is 49.4 Å². The lowest BCUT2D eigenvalue weighted by atomic mass is 10.1. The fraction of sp³-hybridized carbons (Fsp3) is 0.529. The predicted molar refractivity (Wildman–Crippen MR) is 82.3 cm³/mol. The highest BCUT2D eigenvalue weighted by Crippen LogP contribution is 2.30. The van der Waals surface area contributed by atoms with Gasteiger partial charge in [0.2, 0.25) is 5.91 Å². The molecule has 0 saturated heterocycles. The molecule has 1 fully saturated rings. The molecule has 1 aromatic rings. The number of fused-ring (bicyclic) bond motifs is 1. The molecule has 0 unspecified atom stereocenters. The van der Waals surface area contributed by atoms with Crippen LogP contribution in [-0.4, -0.2) is 29.3 Å². The molecule has 0 aromatic heterocycles. The molecule has 4 heteroatoms. The molecule has 1 heterocycles. The van der Waals surface area contributed by atoms with Gasteiger partial charge in [0.05, 0.1) is 6.42 Å². The van der Waals surface area contributed by atoms with Gasteiger partial charge in [0.25, 0.3) is 5.91 Å². The number of nitrogens with one attached hydrogen (secondary N) is 1. The van der Waals surface area contributed by atoms with E-state index in [1.165, 1.54) is 0 Å². The van der Waals surface area contributed by atoms with Crippen molar-refractivity contribution < 1.29 is 9.59 Å². The molecule has 112 valence electrons. The molecular formula is C17H22N2O2. The van der Waals surface area contributed by atoms with Crippen LogP contribution in [0.5, 0.6) is 0 Å². The maximum Gasteiger partial charge on any atom is 0.254 e. The Labute approximate surface area is 125 Å². The van der Waals surface area contributed by atoms with Crippen LogP contribution in [-0.2, 0) is 11.2 Å². The summed E-state index contributed by atoms with van der Waals surface area (Å²) in [6, 6.07) is 5.99. The van der Waals surface area contributed by atoms with E-state index in [2.05, 4.69) is 19.2 Å². The van der Waals surface area contributed by atoms with E-state index in [1.807, 2.05) is 23.1 Å². The minimum Gasteiger partial charge on any atom is -0.336 e. The second kappa shape index (κ2) is 5.51. The lowest BCUT2D eigenvalue weighted by Crippen LogP contribution is -2.34. The molecule has 0 atom stereocenters. The number of carbonyl (C=O) groups excluding carboxylic acids is 2. The SMILES string of the molecule is CC(C)CCN(C(=O)c1ccc2c(c1)NC(=O)C2)C1CC1. The van der Waals surface area contributed by atoms with Crippen molar-refractivity contribution in [2.75, 3.05) is 11.9 Å². The van der Waals surface area contributed by atoms with Crippen molar-refractivity contribution in [2.45, 2.75) is 45.6 Å². The van der Waals surface area contributed by atoms with Gasteiger partial charge in [0.1, 0.15) is 0 Å². The van der Waals surface area contributed by atoms with E-state index in [4.69, 9.17) is 0 Å². The summed E-state index contributed by atoms with van der Waals surface area (Å²) in [5, 5.41) is 2.82. The average Bonchev–Trinajstić information content (AvgIpc) is 3.18. The highest BCUT2D eigenvalue weighted by molar-refractivity contribution is 6.02. The van der Waals surface area contributed by atoms with Gasteiger partial charge in [-0.2, -0.15) is 0 Å². The van der Waals surface area contributed by atoms with E-state index in [-0.39, 0.29) is 11.8 Å². The minimum atomic E-state index is 0.00783. The first-order valence-electron chi connectivity index (χ1n) is 7.78. The van der Waals surface area contributed by atoms with Crippen molar-refractivity contribution in [3.8, 4) is 0 Å². The number of hydrogen-bond donors (Lipinski definition) is 1. The summed E-state index contributed by atoms with van der Waals surface area (Å²) >= 11 is 0. The van der Waals surface area contributed by atoms with Gasteiger partial charge in [0, 0.05) is 23.8 Å². The zero-order valence-electron chi connectivity index (χ0n) is 12.7. The van der Waals surface area contributed by atoms with Crippen molar-refractivity contribution in [1.29, 1.82) is 0 Å². The van der Waals surface area contributed by atoms with E-state index in [1.54, 1.807) is 0 Å². The average molecular weight is 286 g/mol. The Morgan fingerprint density at radius 2 is 2.14 bits per heavy atom. The van der Waals surface area contributed by atoms with Crippen molar-refractivity contribution in [3.05, 3.63) is 29.3 Å². The fourth-order valence-corrected chi connectivity index (χ4v) is 2.75. The van der Waals surface area contributed by atoms with Crippen molar-refractivity contribution in [2.24, 2.45) is 5.92 Å². The molecule has 2 amide bonds. The third-order valence-corrected chi connectivity index (χ3v) is 4.18. The molecule has 1 aliphatic carbocycles. The number of anilines is 1. The fourth-order valence-electron chi connectivity index (χ4n) is 2.75. The number of nitrogens with zero attached hydrogens (tertiary/aromatic N) is 1. The molecule has 1 N–H and O–H groups in total.